The first-order chi connectivity index (χ1) is 11.1. The molecule has 0 amide bonds. The van der Waals surface area contributed by atoms with Crippen LogP contribution in [-0.2, 0) is 4.79 Å². The molecule has 0 spiro atoms. The topological polar surface area (TPSA) is 37.3 Å². The van der Waals surface area contributed by atoms with Crippen molar-refractivity contribution in [2.45, 2.75) is 117 Å². The Morgan fingerprint density at radius 2 is 1.17 bits per heavy atom. The highest BCUT2D eigenvalue weighted by Gasteiger charge is 2.12. The van der Waals surface area contributed by atoms with Gasteiger partial charge in [0.25, 0.3) is 0 Å². The number of hydrogen-bond acceptors (Lipinski definition) is 1. The van der Waals surface area contributed by atoms with Crippen LogP contribution in [0.2, 0.25) is 0 Å². The maximum Gasteiger partial charge on any atom is 0.303 e. The minimum absolute atomic E-state index is 0.343. The highest BCUT2D eigenvalue weighted by Crippen LogP contribution is 2.25. The minimum atomic E-state index is -0.653. The SMILES string of the molecule is CCCCCC(CCCCCCCCCCCC(=O)O)C(C)C. The van der Waals surface area contributed by atoms with Gasteiger partial charge in [-0.05, 0) is 18.3 Å². The van der Waals surface area contributed by atoms with Crippen molar-refractivity contribution in [2.24, 2.45) is 11.8 Å². The number of carbonyl (C=O) groups is 1. The number of hydrogen-bond donors (Lipinski definition) is 1. The normalized spacial score (nSPS) is 12.7. The fraction of sp³-hybridized carbons (Fsp3) is 0.952. The molecule has 0 aromatic heterocycles. The fourth-order valence-electron chi connectivity index (χ4n) is 3.39. The average molecular weight is 327 g/mol. The van der Waals surface area contributed by atoms with E-state index in [9.17, 15) is 4.79 Å². The van der Waals surface area contributed by atoms with Crippen LogP contribution < -0.4 is 0 Å². The molecule has 1 N–H and O–H groups in total. The molecule has 2 nitrogen and oxygen atoms in total. The summed E-state index contributed by atoms with van der Waals surface area (Å²) < 4.78 is 0. The monoisotopic (exact) mass is 326 g/mol. The zero-order valence-corrected chi connectivity index (χ0v) is 16.1. The maximum absolute atomic E-state index is 10.4. The summed E-state index contributed by atoms with van der Waals surface area (Å²) in [5, 5.41) is 8.57. The molecule has 0 rings (SSSR count). The van der Waals surface area contributed by atoms with E-state index in [1.165, 1.54) is 77.0 Å². The highest BCUT2D eigenvalue weighted by atomic mass is 16.4. The predicted octanol–water partition coefficient (Wildman–Crippen LogP) is 7.21. The lowest BCUT2D eigenvalue weighted by molar-refractivity contribution is -0.137. The van der Waals surface area contributed by atoms with Crippen molar-refractivity contribution in [1.82, 2.24) is 0 Å². The van der Waals surface area contributed by atoms with Gasteiger partial charge >= 0.3 is 5.97 Å². The van der Waals surface area contributed by atoms with E-state index in [0.29, 0.717) is 6.42 Å². The van der Waals surface area contributed by atoms with Gasteiger partial charge in [-0.25, -0.2) is 0 Å². The Balaban J connectivity index is 3.37. The quantitative estimate of drug-likeness (QED) is 0.287. The predicted molar refractivity (Wildman–Crippen MR) is 101 cm³/mol. The second-order valence-corrected chi connectivity index (χ2v) is 7.61. The van der Waals surface area contributed by atoms with Gasteiger partial charge in [-0.15, -0.1) is 0 Å². The lowest BCUT2D eigenvalue weighted by atomic mass is 9.86. The van der Waals surface area contributed by atoms with Crippen molar-refractivity contribution >= 4 is 5.97 Å². The summed E-state index contributed by atoms with van der Waals surface area (Å²) >= 11 is 0. The van der Waals surface area contributed by atoms with Crippen molar-refractivity contribution in [3.8, 4) is 0 Å². The van der Waals surface area contributed by atoms with Crippen LogP contribution in [0.3, 0.4) is 0 Å². The Labute approximate surface area is 145 Å². The van der Waals surface area contributed by atoms with E-state index in [2.05, 4.69) is 20.8 Å². The Bertz CT molecular complexity index is 261. The van der Waals surface area contributed by atoms with Crippen molar-refractivity contribution in [2.75, 3.05) is 0 Å². The summed E-state index contributed by atoms with van der Waals surface area (Å²) in [5.74, 6) is 1.13. The number of unbranched alkanes of at least 4 members (excludes halogenated alkanes) is 10. The van der Waals surface area contributed by atoms with Crippen LogP contribution >= 0.6 is 0 Å². The average Bonchev–Trinajstić information content (AvgIpc) is 2.50. The van der Waals surface area contributed by atoms with E-state index in [1.807, 2.05) is 0 Å². The molecule has 0 aliphatic rings. The maximum atomic E-state index is 10.4. The molecule has 0 heterocycles. The Morgan fingerprint density at radius 1 is 0.739 bits per heavy atom. The van der Waals surface area contributed by atoms with Crippen LogP contribution in [0.4, 0.5) is 0 Å². The first-order valence-electron chi connectivity index (χ1n) is 10.3. The molecule has 0 aromatic rings. The number of rotatable bonds is 17. The molecular formula is C21H42O2. The molecule has 0 saturated heterocycles. The van der Waals surface area contributed by atoms with Crippen molar-refractivity contribution in [3.63, 3.8) is 0 Å². The van der Waals surface area contributed by atoms with E-state index >= 15 is 0 Å². The van der Waals surface area contributed by atoms with Crippen molar-refractivity contribution in [1.29, 1.82) is 0 Å². The lowest BCUT2D eigenvalue weighted by Gasteiger charge is -2.20. The molecule has 1 atom stereocenters. The molecule has 1 unspecified atom stereocenters. The number of carboxylic acids is 1. The molecule has 2 heteroatoms. The molecule has 0 aliphatic heterocycles. The van der Waals surface area contributed by atoms with Crippen LogP contribution in [-0.4, -0.2) is 11.1 Å². The van der Waals surface area contributed by atoms with E-state index in [1.54, 1.807) is 0 Å². The largest absolute Gasteiger partial charge is 0.481 e. The molecule has 138 valence electrons. The second-order valence-electron chi connectivity index (χ2n) is 7.61. The Morgan fingerprint density at radius 3 is 1.61 bits per heavy atom. The van der Waals surface area contributed by atoms with Crippen molar-refractivity contribution in [3.05, 3.63) is 0 Å². The van der Waals surface area contributed by atoms with Gasteiger partial charge in [0.15, 0.2) is 0 Å². The molecule has 23 heavy (non-hydrogen) atoms. The van der Waals surface area contributed by atoms with Gasteiger partial charge in [0.1, 0.15) is 0 Å². The first kappa shape index (κ1) is 22.5. The molecule has 0 aliphatic carbocycles. The van der Waals surface area contributed by atoms with E-state index in [0.717, 1.165) is 24.7 Å². The van der Waals surface area contributed by atoms with Crippen LogP contribution in [0.15, 0.2) is 0 Å². The van der Waals surface area contributed by atoms with Gasteiger partial charge < -0.3 is 5.11 Å². The smallest absolute Gasteiger partial charge is 0.303 e. The third-order valence-corrected chi connectivity index (χ3v) is 5.09. The van der Waals surface area contributed by atoms with Crippen molar-refractivity contribution < 1.29 is 9.90 Å². The van der Waals surface area contributed by atoms with Gasteiger partial charge in [-0.1, -0.05) is 104 Å². The highest BCUT2D eigenvalue weighted by molar-refractivity contribution is 5.66. The van der Waals surface area contributed by atoms with Crippen LogP contribution in [0.5, 0.6) is 0 Å². The Kier molecular flexibility index (Phi) is 16.0. The summed E-state index contributed by atoms with van der Waals surface area (Å²) in [5.41, 5.74) is 0. The van der Waals surface area contributed by atoms with Gasteiger partial charge in [0.05, 0.1) is 0 Å². The third kappa shape index (κ3) is 16.1. The van der Waals surface area contributed by atoms with Gasteiger partial charge in [-0.3, -0.25) is 4.79 Å². The Hall–Kier alpha value is -0.530. The van der Waals surface area contributed by atoms with E-state index < -0.39 is 5.97 Å². The van der Waals surface area contributed by atoms with Crippen LogP contribution in [0.25, 0.3) is 0 Å². The van der Waals surface area contributed by atoms with E-state index in [-0.39, 0.29) is 0 Å². The summed E-state index contributed by atoms with van der Waals surface area (Å²) in [7, 11) is 0. The molecule has 0 fully saturated rings. The molecule has 0 aromatic carbocycles. The van der Waals surface area contributed by atoms with E-state index in [4.69, 9.17) is 5.11 Å². The summed E-state index contributed by atoms with van der Waals surface area (Å²) in [4.78, 5) is 10.4. The minimum Gasteiger partial charge on any atom is -0.481 e. The molecule has 0 saturated carbocycles. The third-order valence-electron chi connectivity index (χ3n) is 5.09. The van der Waals surface area contributed by atoms with Gasteiger partial charge in [0.2, 0.25) is 0 Å². The zero-order valence-electron chi connectivity index (χ0n) is 16.1. The summed E-state index contributed by atoms with van der Waals surface area (Å²) in [6.07, 6.45) is 18.7. The van der Waals surface area contributed by atoms with Crippen LogP contribution in [0, 0.1) is 11.8 Å². The molecule has 0 radical (unpaired) electrons. The summed E-state index contributed by atoms with van der Waals surface area (Å²) in [6, 6.07) is 0. The van der Waals surface area contributed by atoms with Gasteiger partial charge in [-0.2, -0.15) is 0 Å². The molecule has 0 bridgehead atoms. The second kappa shape index (κ2) is 16.3. The standard InChI is InChI=1S/C21H42O2/c1-4-5-13-16-20(19(2)3)17-14-11-9-7-6-8-10-12-15-18-21(22)23/h19-20H,4-18H2,1-3H3,(H,22,23). The van der Waals surface area contributed by atoms with Gasteiger partial charge in [0, 0.05) is 6.42 Å². The van der Waals surface area contributed by atoms with Crippen LogP contribution in [0.1, 0.15) is 117 Å². The zero-order chi connectivity index (χ0) is 17.3. The number of aliphatic carboxylic acids is 1. The lowest BCUT2D eigenvalue weighted by Crippen LogP contribution is -2.08. The summed E-state index contributed by atoms with van der Waals surface area (Å²) in [6.45, 7) is 7.07. The first-order valence-corrected chi connectivity index (χ1v) is 10.3. The number of carboxylic acid groups (broad SMARTS) is 1. The fourth-order valence-corrected chi connectivity index (χ4v) is 3.39. The molecular weight excluding hydrogens is 284 g/mol.